The zero-order chi connectivity index (χ0) is 39.8. The summed E-state index contributed by atoms with van der Waals surface area (Å²) in [6.45, 7) is 14.0. The Morgan fingerprint density at radius 1 is 0.404 bits per heavy atom. The summed E-state index contributed by atoms with van der Waals surface area (Å²) in [5, 5.41) is 2.56. The molecule has 9 rings (SSSR count). The van der Waals surface area contributed by atoms with Crippen LogP contribution >= 0.6 is 0 Å². The molecule has 0 amide bonds. The van der Waals surface area contributed by atoms with E-state index in [1.807, 2.05) is 20.8 Å². The molecular weight excluding hydrogens is 685 g/mol. The van der Waals surface area contributed by atoms with Crippen LogP contribution in [0.2, 0.25) is 0 Å². The van der Waals surface area contributed by atoms with E-state index in [1.54, 1.807) is 6.08 Å². The lowest BCUT2D eigenvalue weighted by atomic mass is 9.81. The van der Waals surface area contributed by atoms with E-state index in [0.717, 1.165) is 19.3 Å². The molecule has 8 aromatic rings. The lowest BCUT2D eigenvalue weighted by Gasteiger charge is -2.22. The van der Waals surface area contributed by atoms with Gasteiger partial charge in [0.2, 0.25) is 0 Å². The minimum absolute atomic E-state index is 0.0448. The maximum absolute atomic E-state index is 3.36. The lowest BCUT2D eigenvalue weighted by molar-refractivity contribution is 0.658. The monoisotopic (exact) mass is 738 g/mol. The predicted molar refractivity (Wildman–Crippen MR) is 249 cm³/mol. The summed E-state index contributed by atoms with van der Waals surface area (Å²) >= 11 is 0. The molecule has 0 nitrogen and oxygen atoms in total. The third kappa shape index (κ3) is 8.47. The molecule has 0 heterocycles. The van der Waals surface area contributed by atoms with Crippen molar-refractivity contribution in [1.29, 1.82) is 0 Å². The number of rotatable bonds is 8. The van der Waals surface area contributed by atoms with Crippen LogP contribution in [0.3, 0.4) is 0 Å². The molecular formula is C57H54. The highest BCUT2D eigenvalue weighted by molar-refractivity contribution is 5.88. The number of benzene rings is 8. The molecule has 0 N–H and O–H groups in total. The van der Waals surface area contributed by atoms with Gasteiger partial charge in [0.05, 0.1) is 0 Å². The summed E-state index contributed by atoms with van der Waals surface area (Å²) in [7, 11) is 0. The molecule has 1 aliphatic carbocycles. The summed E-state index contributed by atoms with van der Waals surface area (Å²) < 4.78 is 0. The Balaban J connectivity index is 0.000000949. The summed E-state index contributed by atoms with van der Waals surface area (Å²) in [4.78, 5) is 0. The Hall–Kier alpha value is -6.24. The van der Waals surface area contributed by atoms with Gasteiger partial charge < -0.3 is 0 Å². The van der Waals surface area contributed by atoms with Gasteiger partial charge >= 0.3 is 0 Å². The van der Waals surface area contributed by atoms with E-state index in [9.17, 15) is 0 Å². The number of aryl methyl sites for hydroxylation is 2. The van der Waals surface area contributed by atoms with Crippen LogP contribution in [0.25, 0.3) is 66.4 Å². The Bertz CT molecular complexity index is 2570. The normalized spacial score (nSPS) is 12.0. The van der Waals surface area contributed by atoms with Crippen molar-refractivity contribution < 1.29 is 0 Å². The Kier molecular flexibility index (Phi) is 12.1. The molecule has 0 fully saturated rings. The van der Waals surface area contributed by atoms with E-state index >= 15 is 0 Å². The van der Waals surface area contributed by atoms with Gasteiger partial charge in [-0.25, -0.2) is 0 Å². The molecule has 0 heteroatoms. The molecule has 57 heavy (non-hydrogen) atoms. The van der Waals surface area contributed by atoms with Gasteiger partial charge in [0.15, 0.2) is 0 Å². The smallest absolute Gasteiger partial charge is 0.0159 e. The average molecular weight is 739 g/mol. The van der Waals surface area contributed by atoms with E-state index in [4.69, 9.17) is 0 Å². The highest BCUT2D eigenvalue weighted by Crippen LogP contribution is 2.50. The van der Waals surface area contributed by atoms with E-state index in [-0.39, 0.29) is 5.41 Å². The number of hydrogen-bond donors (Lipinski definition) is 0. The zero-order valence-electron chi connectivity index (χ0n) is 34.2. The summed E-state index contributed by atoms with van der Waals surface area (Å²) in [6.07, 6.45) is 5.05. The number of hydrogen-bond acceptors (Lipinski definition) is 0. The van der Waals surface area contributed by atoms with Gasteiger partial charge in [0.1, 0.15) is 0 Å². The van der Waals surface area contributed by atoms with Crippen molar-refractivity contribution >= 4 is 10.8 Å². The van der Waals surface area contributed by atoms with Crippen molar-refractivity contribution in [3.63, 3.8) is 0 Å². The van der Waals surface area contributed by atoms with Crippen molar-refractivity contribution in [1.82, 2.24) is 0 Å². The van der Waals surface area contributed by atoms with E-state index in [1.165, 1.54) is 88.7 Å². The molecule has 0 spiro atoms. The van der Waals surface area contributed by atoms with Gasteiger partial charge in [0.25, 0.3) is 0 Å². The molecule has 282 valence electrons. The molecule has 0 saturated heterocycles. The van der Waals surface area contributed by atoms with E-state index < -0.39 is 0 Å². The van der Waals surface area contributed by atoms with Crippen LogP contribution in [-0.4, -0.2) is 0 Å². The van der Waals surface area contributed by atoms with Crippen molar-refractivity contribution in [2.24, 2.45) is 0 Å². The lowest BCUT2D eigenvalue weighted by Crippen LogP contribution is -2.15. The summed E-state index contributed by atoms with van der Waals surface area (Å²) in [5.74, 6) is 0. The minimum atomic E-state index is -0.0448. The fraction of sp³-hybridized carbons (Fsp3) is 0.158. The highest BCUT2D eigenvalue weighted by Gasteiger charge is 2.35. The van der Waals surface area contributed by atoms with Crippen molar-refractivity contribution in [2.75, 3.05) is 0 Å². The first-order valence-electron chi connectivity index (χ1n) is 20.6. The van der Waals surface area contributed by atoms with Gasteiger partial charge in [-0.1, -0.05) is 204 Å². The third-order valence-electron chi connectivity index (χ3n) is 11.3. The molecule has 1 aliphatic rings. The fourth-order valence-corrected chi connectivity index (χ4v) is 8.19. The molecule has 0 aromatic heterocycles. The number of allylic oxidation sites excluding steroid dienone is 1. The van der Waals surface area contributed by atoms with Crippen LogP contribution in [-0.2, 0) is 18.3 Å². The van der Waals surface area contributed by atoms with Gasteiger partial charge in [0, 0.05) is 5.41 Å². The zero-order valence-corrected chi connectivity index (χ0v) is 34.2. The van der Waals surface area contributed by atoms with Crippen LogP contribution < -0.4 is 0 Å². The van der Waals surface area contributed by atoms with Crippen LogP contribution in [0.5, 0.6) is 0 Å². The van der Waals surface area contributed by atoms with Crippen LogP contribution in [0.4, 0.5) is 0 Å². The molecule has 0 bridgehead atoms. The van der Waals surface area contributed by atoms with E-state index in [0.29, 0.717) is 0 Å². The maximum Gasteiger partial charge on any atom is 0.0159 e. The minimum Gasteiger partial charge on any atom is -0.103 e. The van der Waals surface area contributed by atoms with Crippen LogP contribution in [0.15, 0.2) is 195 Å². The Morgan fingerprint density at radius 2 is 0.789 bits per heavy atom. The third-order valence-corrected chi connectivity index (χ3v) is 11.3. The predicted octanol–water partition coefficient (Wildman–Crippen LogP) is 16.2. The van der Waals surface area contributed by atoms with Crippen molar-refractivity contribution in [3.8, 4) is 55.6 Å². The first-order chi connectivity index (χ1) is 27.9. The topological polar surface area (TPSA) is 0 Å². The van der Waals surface area contributed by atoms with Gasteiger partial charge in [-0.05, 0) is 127 Å². The Morgan fingerprint density at radius 3 is 1.39 bits per heavy atom. The number of fused-ring (bicyclic) bond motifs is 4. The van der Waals surface area contributed by atoms with Crippen molar-refractivity contribution in [2.45, 2.75) is 59.3 Å². The second kappa shape index (κ2) is 17.7. The summed E-state index contributed by atoms with van der Waals surface area (Å²) in [5.41, 5.74) is 18.5. The molecule has 0 unspecified atom stereocenters. The Labute approximate surface area is 341 Å². The maximum atomic E-state index is 3.36. The molecule has 0 atom stereocenters. The second-order valence-corrected chi connectivity index (χ2v) is 15.3. The molecule has 0 saturated carbocycles. The van der Waals surface area contributed by atoms with Gasteiger partial charge in [-0.15, -0.1) is 6.58 Å². The average Bonchev–Trinajstić information content (AvgIpc) is 3.49. The van der Waals surface area contributed by atoms with Crippen LogP contribution in [0.1, 0.15) is 63.3 Å². The molecule has 8 aromatic carbocycles. The fourth-order valence-electron chi connectivity index (χ4n) is 8.19. The summed E-state index contributed by atoms with van der Waals surface area (Å²) in [6, 6.07) is 67.3. The van der Waals surface area contributed by atoms with Gasteiger partial charge in [-0.3, -0.25) is 0 Å². The van der Waals surface area contributed by atoms with Gasteiger partial charge in [-0.2, -0.15) is 0 Å². The first-order valence-corrected chi connectivity index (χ1v) is 20.6. The van der Waals surface area contributed by atoms with Crippen LogP contribution in [0, 0.1) is 0 Å². The van der Waals surface area contributed by atoms with E-state index in [2.05, 4.69) is 202 Å². The largest absolute Gasteiger partial charge is 0.103 e. The van der Waals surface area contributed by atoms with Crippen molar-refractivity contribution in [3.05, 3.63) is 217 Å². The molecule has 0 radical (unpaired) electrons. The quantitative estimate of drug-likeness (QED) is 0.136. The molecule has 0 aliphatic heterocycles. The first kappa shape index (κ1) is 39.0. The standard InChI is InChI=1S/C52H42.C3H6.C2H6/c1-52(2)50-33-37(10-8-9-36-15-18-40(19-16-36)42-22-20-41(21-23-42)38-11-4-3-5-12-38)17-31-48(50)49-32-30-47(35-51(49)52)44-26-24-43(25-27-44)46-29-28-39-13-6-7-14-45(39)34-46;1-3-2;1-2/h3-7,11-35H,8-10H2,1-2H3;3H,1H2,2H3;1-2H3. The second-order valence-electron chi connectivity index (χ2n) is 15.3. The highest BCUT2D eigenvalue weighted by atomic mass is 14.4. The SMILES string of the molecule is C=CC.CC.CC1(C)c2cc(CCCc3ccc(-c4ccc(-c5ccccc5)cc4)cc3)ccc2-c2ccc(-c3ccc(-c4ccc5ccccc5c4)cc3)cc21.